The molecule has 1 heterocycles. The molecule has 0 unspecified atom stereocenters. The van der Waals surface area contributed by atoms with Crippen molar-refractivity contribution in [2.75, 3.05) is 0 Å². The Kier molecular flexibility index (Phi) is 3.17. The van der Waals surface area contributed by atoms with Gasteiger partial charge in [-0.3, -0.25) is 4.98 Å². The van der Waals surface area contributed by atoms with Gasteiger partial charge in [0.2, 0.25) is 0 Å². The third-order valence-electron chi connectivity index (χ3n) is 2.27. The number of nitrogens with zero attached hydrogens (tertiary/aromatic N) is 1. The first-order valence-corrected chi connectivity index (χ1v) is 5.20. The SMILES string of the molecule is C[C@@H](N)c1ccccc1Oc1cccnc1. The maximum atomic E-state index is 5.87. The van der Waals surface area contributed by atoms with E-state index in [-0.39, 0.29) is 6.04 Å². The second-order valence-corrected chi connectivity index (χ2v) is 3.62. The van der Waals surface area contributed by atoms with Crippen molar-refractivity contribution in [3.05, 3.63) is 54.4 Å². The molecule has 0 aliphatic rings. The summed E-state index contributed by atoms with van der Waals surface area (Å²) in [4.78, 5) is 4.00. The van der Waals surface area contributed by atoms with Gasteiger partial charge in [0.15, 0.2) is 0 Å². The van der Waals surface area contributed by atoms with Crippen LogP contribution < -0.4 is 10.5 Å². The Morgan fingerprint density at radius 1 is 1.19 bits per heavy atom. The highest BCUT2D eigenvalue weighted by Crippen LogP contribution is 2.27. The number of hydrogen-bond donors (Lipinski definition) is 1. The number of hydrogen-bond acceptors (Lipinski definition) is 3. The van der Waals surface area contributed by atoms with E-state index in [4.69, 9.17) is 10.5 Å². The minimum absolute atomic E-state index is 0.0483. The van der Waals surface area contributed by atoms with Crippen molar-refractivity contribution >= 4 is 0 Å². The predicted molar refractivity (Wildman–Crippen MR) is 63.4 cm³/mol. The second-order valence-electron chi connectivity index (χ2n) is 3.62. The van der Waals surface area contributed by atoms with Crippen molar-refractivity contribution in [3.8, 4) is 11.5 Å². The van der Waals surface area contributed by atoms with Gasteiger partial charge in [-0.05, 0) is 25.1 Å². The molecule has 0 fully saturated rings. The van der Waals surface area contributed by atoms with E-state index in [9.17, 15) is 0 Å². The Morgan fingerprint density at radius 2 is 2.00 bits per heavy atom. The number of rotatable bonds is 3. The van der Waals surface area contributed by atoms with Crippen LogP contribution in [0.3, 0.4) is 0 Å². The molecule has 0 aliphatic heterocycles. The van der Waals surface area contributed by atoms with Crippen LogP contribution in [0, 0.1) is 0 Å². The summed E-state index contributed by atoms with van der Waals surface area (Å²) in [5.74, 6) is 1.50. The second kappa shape index (κ2) is 4.77. The summed E-state index contributed by atoms with van der Waals surface area (Å²) >= 11 is 0. The predicted octanol–water partition coefficient (Wildman–Crippen LogP) is 2.89. The summed E-state index contributed by atoms with van der Waals surface area (Å²) in [6.07, 6.45) is 3.39. The molecule has 0 radical (unpaired) electrons. The largest absolute Gasteiger partial charge is 0.455 e. The van der Waals surface area contributed by atoms with Gasteiger partial charge in [-0.1, -0.05) is 18.2 Å². The van der Waals surface area contributed by atoms with Crippen LogP contribution in [0.1, 0.15) is 18.5 Å². The number of ether oxygens (including phenoxy) is 1. The number of nitrogens with two attached hydrogens (primary N) is 1. The molecule has 0 spiro atoms. The topological polar surface area (TPSA) is 48.1 Å². The highest BCUT2D eigenvalue weighted by Gasteiger charge is 2.07. The monoisotopic (exact) mass is 214 g/mol. The molecule has 16 heavy (non-hydrogen) atoms. The lowest BCUT2D eigenvalue weighted by Gasteiger charge is -2.12. The van der Waals surface area contributed by atoms with Gasteiger partial charge in [0.25, 0.3) is 0 Å². The maximum Gasteiger partial charge on any atom is 0.145 e. The normalized spacial score (nSPS) is 12.1. The molecule has 0 saturated carbocycles. The summed E-state index contributed by atoms with van der Waals surface area (Å²) < 4.78 is 5.73. The first-order valence-electron chi connectivity index (χ1n) is 5.20. The lowest BCUT2D eigenvalue weighted by atomic mass is 10.1. The standard InChI is InChI=1S/C13H14N2O/c1-10(14)12-6-2-3-7-13(12)16-11-5-4-8-15-9-11/h2-10H,14H2,1H3/t10-/m1/s1. The minimum atomic E-state index is -0.0483. The van der Waals surface area contributed by atoms with Crippen molar-refractivity contribution < 1.29 is 4.74 Å². The van der Waals surface area contributed by atoms with Crippen LogP contribution in [0.4, 0.5) is 0 Å². The Balaban J connectivity index is 2.28. The number of benzene rings is 1. The quantitative estimate of drug-likeness (QED) is 0.854. The fourth-order valence-electron chi connectivity index (χ4n) is 1.48. The van der Waals surface area contributed by atoms with E-state index >= 15 is 0 Å². The molecule has 2 rings (SSSR count). The van der Waals surface area contributed by atoms with Crippen molar-refractivity contribution in [3.63, 3.8) is 0 Å². The summed E-state index contributed by atoms with van der Waals surface area (Å²) in [6.45, 7) is 1.94. The first kappa shape index (κ1) is 10.6. The molecular weight excluding hydrogens is 200 g/mol. The molecule has 0 saturated heterocycles. The van der Waals surface area contributed by atoms with E-state index in [1.807, 2.05) is 43.3 Å². The molecule has 1 aromatic carbocycles. The van der Waals surface area contributed by atoms with Gasteiger partial charge in [-0.25, -0.2) is 0 Å². The molecule has 1 atom stereocenters. The lowest BCUT2D eigenvalue weighted by Crippen LogP contribution is -2.06. The van der Waals surface area contributed by atoms with Crippen molar-refractivity contribution in [2.45, 2.75) is 13.0 Å². The van der Waals surface area contributed by atoms with Gasteiger partial charge in [0.05, 0.1) is 6.20 Å². The molecule has 0 aliphatic carbocycles. The average Bonchev–Trinajstić information content (AvgIpc) is 2.31. The smallest absolute Gasteiger partial charge is 0.145 e. The van der Waals surface area contributed by atoms with E-state index < -0.39 is 0 Å². The molecule has 1 aromatic heterocycles. The van der Waals surface area contributed by atoms with Crippen LogP contribution in [-0.4, -0.2) is 4.98 Å². The van der Waals surface area contributed by atoms with Crippen LogP contribution >= 0.6 is 0 Å². The zero-order valence-corrected chi connectivity index (χ0v) is 9.13. The van der Waals surface area contributed by atoms with Crippen LogP contribution in [0.5, 0.6) is 11.5 Å². The molecule has 2 N–H and O–H groups in total. The highest BCUT2D eigenvalue weighted by molar-refractivity contribution is 5.38. The van der Waals surface area contributed by atoms with Crippen molar-refractivity contribution in [2.24, 2.45) is 5.73 Å². The Hall–Kier alpha value is -1.87. The summed E-state index contributed by atoms with van der Waals surface area (Å²) in [6, 6.07) is 11.4. The fraction of sp³-hybridized carbons (Fsp3) is 0.154. The van der Waals surface area contributed by atoms with Gasteiger partial charge in [0.1, 0.15) is 11.5 Å². The van der Waals surface area contributed by atoms with Crippen molar-refractivity contribution in [1.29, 1.82) is 0 Å². The fourth-order valence-corrected chi connectivity index (χ4v) is 1.48. The number of aromatic nitrogens is 1. The van der Waals surface area contributed by atoms with Crippen molar-refractivity contribution in [1.82, 2.24) is 4.98 Å². The molecule has 3 heteroatoms. The van der Waals surface area contributed by atoms with Crippen LogP contribution in [0.15, 0.2) is 48.8 Å². The third-order valence-corrected chi connectivity index (χ3v) is 2.27. The summed E-state index contributed by atoms with van der Waals surface area (Å²) in [5, 5.41) is 0. The van der Waals surface area contributed by atoms with Crippen LogP contribution in [0.2, 0.25) is 0 Å². The summed E-state index contributed by atoms with van der Waals surface area (Å²) in [5.41, 5.74) is 6.86. The van der Waals surface area contributed by atoms with E-state index in [0.29, 0.717) is 0 Å². The Labute approximate surface area is 94.9 Å². The molecule has 0 amide bonds. The molecule has 2 aromatic rings. The maximum absolute atomic E-state index is 5.87. The minimum Gasteiger partial charge on any atom is -0.455 e. The summed E-state index contributed by atoms with van der Waals surface area (Å²) in [7, 11) is 0. The molecule has 3 nitrogen and oxygen atoms in total. The van der Waals surface area contributed by atoms with Gasteiger partial charge in [-0.2, -0.15) is 0 Å². The van der Waals surface area contributed by atoms with E-state index in [1.54, 1.807) is 12.4 Å². The van der Waals surface area contributed by atoms with Gasteiger partial charge >= 0.3 is 0 Å². The highest BCUT2D eigenvalue weighted by atomic mass is 16.5. The van der Waals surface area contributed by atoms with Gasteiger partial charge in [0, 0.05) is 17.8 Å². The zero-order chi connectivity index (χ0) is 11.4. The number of pyridine rings is 1. The van der Waals surface area contributed by atoms with Crippen LogP contribution in [-0.2, 0) is 0 Å². The molecule has 82 valence electrons. The molecule has 0 bridgehead atoms. The van der Waals surface area contributed by atoms with Gasteiger partial charge in [-0.15, -0.1) is 0 Å². The average molecular weight is 214 g/mol. The van der Waals surface area contributed by atoms with E-state index in [2.05, 4.69) is 4.98 Å². The van der Waals surface area contributed by atoms with E-state index in [1.165, 1.54) is 0 Å². The van der Waals surface area contributed by atoms with E-state index in [0.717, 1.165) is 17.1 Å². The third kappa shape index (κ3) is 2.38. The Bertz CT molecular complexity index is 454. The first-order chi connectivity index (χ1) is 7.77. The number of para-hydroxylation sites is 1. The Morgan fingerprint density at radius 3 is 2.69 bits per heavy atom. The lowest BCUT2D eigenvalue weighted by molar-refractivity contribution is 0.470. The molecular formula is C13H14N2O. The van der Waals surface area contributed by atoms with Gasteiger partial charge < -0.3 is 10.5 Å². The van der Waals surface area contributed by atoms with Crippen LogP contribution in [0.25, 0.3) is 0 Å². The zero-order valence-electron chi connectivity index (χ0n) is 9.13.